The number of nitrogens with zero attached hydrogens (tertiary/aromatic N) is 3. The van der Waals surface area contributed by atoms with Crippen molar-refractivity contribution in [3.8, 4) is 11.3 Å². The minimum atomic E-state index is -0.461. The standard InChI is InChI=1S/C12H10N4O2/c1-15-7-14-12(16(17)18)11(15)9-6-13-10-5-3-2-4-8(9)10/h2-7,13H,1H3. The number of rotatable bonds is 2. The van der Waals surface area contributed by atoms with E-state index in [1.54, 1.807) is 17.8 Å². The van der Waals surface area contributed by atoms with E-state index < -0.39 is 4.92 Å². The molecule has 1 aromatic carbocycles. The van der Waals surface area contributed by atoms with E-state index in [1.165, 1.54) is 6.33 Å². The molecule has 0 aliphatic rings. The molecule has 0 aliphatic carbocycles. The van der Waals surface area contributed by atoms with Gasteiger partial charge in [-0.15, -0.1) is 0 Å². The van der Waals surface area contributed by atoms with Gasteiger partial charge in [-0.25, -0.2) is 0 Å². The molecule has 90 valence electrons. The Morgan fingerprint density at radius 2 is 2.17 bits per heavy atom. The lowest BCUT2D eigenvalue weighted by Gasteiger charge is -2.00. The third-order valence-electron chi connectivity index (χ3n) is 2.94. The van der Waals surface area contributed by atoms with Crippen molar-refractivity contribution >= 4 is 16.7 Å². The van der Waals surface area contributed by atoms with Crippen LogP contribution in [0.4, 0.5) is 5.82 Å². The highest BCUT2D eigenvalue weighted by molar-refractivity contribution is 5.96. The Kier molecular flexibility index (Phi) is 2.16. The second-order valence-electron chi connectivity index (χ2n) is 4.03. The van der Waals surface area contributed by atoms with Crippen LogP contribution >= 0.6 is 0 Å². The van der Waals surface area contributed by atoms with E-state index in [2.05, 4.69) is 9.97 Å². The van der Waals surface area contributed by atoms with E-state index >= 15 is 0 Å². The van der Waals surface area contributed by atoms with Crippen molar-refractivity contribution in [3.63, 3.8) is 0 Å². The number of fused-ring (bicyclic) bond motifs is 1. The molecule has 0 spiro atoms. The highest BCUT2D eigenvalue weighted by atomic mass is 16.6. The number of hydrogen-bond donors (Lipinski definition) is 1. The first-order chi connectivity index (χ1) is 8.68. The molecule has 2 aromatic heterocycles. The Labute approximate surface area is 102 Å². The Morgan fingerprint density at radius 3 is 2.94 bits per heavy atom. The molecule has 3 aromatic rings. The third kappa shape index (κ3) is 1.39. The highest BCUT2D eigenvalue weighted by Crippen LogP contribution is 2.33. The van der Waals surface area contributed by atoms with Crippen molar-refractivity contribution in [2.45, 2.75) is 0 Å². The fourth-order valence-electron chi connectivity index (χ4n) is 2.13. The molecule has 0 unspecified atom stereocenters. The average Bonchev–Trinajstić information content (AvgIpc) is 2.92. The summed E-state index contributed by atoms with van der Waals surface area (Å²) < 4.78 is 1.66. The number of para-hydroxylation sites is 1. The van der Waals surface area contributed by atoms with Gasteiger partial charge >= 0.3 is 5.82 Å². The number of aromatic amines is 1. The number of nitrogens with one attached hydrogen (secondary N) is 1. The molecule has 1 N–H and O–H groups in total. The van der Waals surface area contributed by atoms with Crippen LogP contribution in [0.5, 0.6) is 0 Å². The quantitative estimate of drug-likeness (QED) is 0.554. The zero-order chi connectivity index (χ0) is 12.7. The molecule has 6 heteroatoms. The lowest BCUT2D eigenvalue weighted by Crippen LogP contribution is -1.94. The predicted octanol–water partition coefficient (Wildman–Crippen LogP) is 2.48. The number of imidazole rings is 1. The number of hydrogen-bond acceptors (Lipinski definition) is 3. The van der Waals surface area contributed by atoms with Crippen LogP contribution in [0.25, 0.3) is 22.2 Å². The molecule has 3 rings (SSSR count). The van der Waals surface area contributed by atoms with Crippen molar-refractivity contribution in [1.29, 1.82) is 0 Å². The van der Waals surface area contributed by atoms with Crippen LogP contribution in [0.15, 0.2) is 36.8 Å². The van der Waals surface area contributed by atoms with Gasteiger partial charge < -0.3 is 19.7 Å². The SMILES string of the molecule is Cn1cnc([N+](=O)[O-])c1-c1c[nH]c2ccccc12. The lowest BCUT2D eigenvalue weighted by molar-refractivity contribution is -0.388. The van der Waals surface area contributed by atoms with Gasteiger partial charge in [-0.1, -0.05) is 18.2 Å². The molecule has 0 aliphatic heterocycles. The van der Waals surface area contributed by atoms with E-state index in [0.29, 0.717) is 5.69 Å². The normalized spacial score (nSPS) is 10.9. The minimum Gasteiger partial charge on any atom is -0.360 e. The Balaban J connectivity index is 2.33. The second kappa shape index (κ2) is 3.69. The topological polar surface area (TPSA) is 76.8 Å². The average molecular weight is 242 g/mol. The van der Waals surface area contributed by atoms with Crippen molar-refractivity contribution in [2.75, 3.05) is 0 Å². The summed E-state index contributed by atoms with van der Waals surface area (Å²) in [5, 5.41) is 11.9. The van der Waals surface area contributed by atoms with Gasteiger partial charge in [-0.2, -0.15) is 0 Å². The van der Waals surface area contributed by atoms with Gasteiger partial charge in [0.2, 0.25) is 6.33 Å². The van der Waals surface area contributed by atoms with Crippen LogP contribution in [-0.2, 0) is 7.05 Å². The summed E-state index contributed by atoms with van der Waals surface area (Å²) in [7, 11) is 1.75. The fourth-order valence-corrected chi connectivity index (χ4v) is 2.13. The zero-order valence-electron chi connectivity index (χ0n) is 9.62. The molecular weight excluding hydrogens is 232 g/mol. The van der Waals surface area contributed by atoms with E-state index in [-0.39, 0.29) is 5.82 Å². The van der Waals surface area contributed by atoms with Crippen molar-refractivity contribution < 1.29 is 4.92 Å². The van der Waals surface area contributed by atoms with Gasteiger partial charge in [0.05, 0.1) is 0 Å². The minimum absolute atomic E-state index is 0.123. The maximum absolute atomic E-state index is 11.0. The molecular formula is C12H10N4O2. The first-order valence-electron chi connectivity index (χ1n) is 5.40. The first kappa shape index (κ1) is 10.5. The van der Waals surface area contributed by atoms with Crippen LogP contribution < -0.4 is 0 Å². The van der Waals surface area contributed by atoms with Crippen LogP contribution in [0.2, 0.25) is 0 Å². The van der Waals surface area contributed by atoms with Gasteiger partial charge in [0, 0.05) is 29.7 Å². The molecule has 0 atom stereocenters. The van der Waals surface area contributed by atoms with Crippen molar-refractivity contribution in [3.05, 3.63) is 46.9 Å². The molecule has 2 heterocycles. The van der Waals surface area contributed by atoms with Gasteiger partial charge in [-0.05, 0) is 16.0 Å². The van der Waals surface area contributed by atoms with Crippen molar-refractivity contribution in [2.24, 2.45) is 7.05 Å². The molecule has 0 amide bonds. The Morgan fingerprint density at radius 1 is 1.39 bits per heavy atom. The molecule has 0 fully saturated rings. The summed E-state index contributed by atoms with van der Waals surface area (Å²) in [6, 6.07) is 7.68. The van der Waals surface area contributed by atoms with Crippen LogP contribution in [0, 0.1) is 10.1 Å². The molecule has 0 bridgehead atoms. The van der Waals surface area contributed by atoms with Crippen LogP contribution in [-0.4, -0.2) is 19.5 Å². The summed E-state index contributed by atoms with van der Waals surface area (Å²) in [6.45, 7) is 0. The number of nitro groups is 1. The number of H-pyrrole nitrogens is 1. The predicted molar refractivity (Wildman–Crippen MR) is 67.2 cm³/mol. The van der Waals surface area contributed by atoms with Crippen LogP contribution in [0.3, 0.4) is 0 Å². The van der Waals surface area contributed by atoms with E-state index in [9.17, 15) is 10.1 Å². The van der Waals surface area contributed by atoms with Gasteiger partial charge in [-0.3, -0.25) is 0 Å². The molecule has 0 saturated carbocycles. The third-order valence-corrected chi connectivity index (χ3v) is 2.94. The van der Waals surface area contributed by atoms with E-state index in [0.717, 1.165) is 16.5 Å². The monoisotopic (exact) mass is 242 g/mol. The smallest absolute Gasteiger partial charge is 0.360 e. The Bertz CT molecular complexity index is 741. The maximum Gasteiger partial charge on any atom is 0.389 e. The summed E-state index contributed by atoms with van der Waals surface area (Å²) in [6.07, 6.45) is 3.23. The van der Waals surface area contributed by atoms with Gasteiger partial charge in [0.15, 0.2) is 5.69 Å². The lowest BCUT2D eigenvalue weighted by atomic mass is 10.1. The summed E-state index contributed by atoms with van der Waals surface area (Å²) in [5.41, 5.74) is 2.25. The number of aryl methyl sites for hydroxylation is 1. The highest BCUT2D eigenvalue weighted by Gasteiger charge is 2.23. The molecule has 18 heavy (non-hydrogen) atoms. The van der Waals surface area contributed by atoms with E-state index in [1.807, 2.05) is 24.3 Å². The zero-order valence-corrected chi connectivity index (χ0v) is 9.62. The second-order valence-corrected chi connectivity index (χ2v) is 4.03. The van der Waals surface area contributed by atoms with Gasteiger partial charge in [0.1, 0.15) is 0 Å². The fraction of sp³-hybridized carbons (Fsp3) is 0.0833. The van der Waals surface area contributed by atoms with Crippen LogP contribution in [0.1, 0.15) is 0 Å². The van der Waals surface area contributed by atoms with Gasteiger partial charge in [0.25, 0.3) is 0 Å². The molecule has 0 radical (unpaired) electrons. The molecule has 6 nitrogen and oxygen atoms in total. The summed E-state index contributed by atoms with van der Waals surface area (Å²) in [4.78, 5) is 17.5. The largest absolute Gasteiger partial charge is 0.389 e. The summed E-state index contributed by atoms with van der Waals surface area (Å²) >= 11 is 0. The number of aromatic nitrogens is 3. The molecule has 0 saturated heterocycles. The van der Waals surface area contributed by atoms with Crippen molar-refractivity contribution in [1.82, 2.24) is 14.5 Å². The first-order valence-corrected chi connectivity index (χ1v) is 5.40. The number of benzene rings is 1. The Hall–Kier alpha value is -2.63. The maximum atomic E-state index is 11.0. The van der Waals surface area contributed by atoms with E-state index in [4.69, 9.17) is 0 Å². The summed E-state index contributed by atoms with van der Waals surface area (Å²) in [5.74, 6) is -0.123.